The van der Waals surface area contributed by atoms with E-state index in [9.17, 15) is 9.18 Å². The Hall–Kier alpha value is -3.82. The van der Waals surface area contributed by atoms with Crippen LogP contribution in [-0.4, -0.2) is 48.5 Å². The first-order valence-electron chi connectivity index (χ1n) is 9.65. The Balaban J connectivity index is 1.41. The maximum absolute atomic E-state index is 14.7. The maximum atomic E-state index is 14.7. The van der Waals surface area contributed by atoms with Gasteiger partial charge in [0, 0.05) is 11.8 Å². The summed E-state index contributed by atoms with van der Waals surface area (Å²) in [5.74, 6) is 0.897. The molecule has 30 heavy (non-hydrogen) atoms. The lowest BCUT2D eigenvalue weighted by Gasteiger charge is -2.20. The molecule has 1 saturated heterocycles. The van der Waals surface area contributed by atoms with Gasteiger partial charge in [-0.05, 0) is 42.5 Å². The number of rotatable bonds is 4. The summed E-state index contributed by atoms with van der Waals surface area (Å²) in [4.78, 5) is 22.6. The first-order chi connectivity index (χ1) is 14.7. The summed E-state index contributed by atoms with van der Waals surface area (Å²) >= 11 is 0. The Kier molecular flexibility index (Phi) is 3.61. The number of carbonyl (C=O) groups is 1. The van der Waals surface area contributed by atoms with Crippen LogP contribution in [0, 0.1) is 11.7 Å². The van der Waals surface area contributed by atoms with Crippen molar-refractivity contribution >= 4 is 17.6 Å². The number of fused-ring (bicyclic) bond motifs is 1. The highest BCUT2D eigenvalue weighted by Crippen LogP contribution is 2.39. The van der Waals surface area contributed by atoms with Gasteiger partial charge in [0.25, 0.3) is 0 Å². The van der Waals surface area contributed by atoms with Gasteiger partial charge < -0.3 is 4.74 Å². The number of ether oxygens (including phenoxy) is 1. The zero-order valence-electron chi connectivity index (χ0n) is 15.7. The summed E-state index contributed by atoms with van der Waals surface area (Å²) in [6, 6.07) is 6.60. The summed E-state index contributed by atoms with van der Waals surface area (Å²) in [5.41, 5.74) is 2.15. The van der Waals surface area contributed by atoms with Gasteiger partial charge in [0.15, 0.2) is 11.5 Å². The molecule has 1 aliphatic heterocycles. The number of carbonyl (C=O) groups excluding carboxylic acids is 1. The molecule has 4 aromatic rings. The Labute approximate surface area is 169 Å². The predicted molar refractivity (Wildman–Crippen MR) is 104 cm³/mol. The topological polar surface area (TPSA) is 101 Å². The van der Waals surface area contributed by atoms with Crippen molar-refractivity contribution in [3.8, 4) is 22.5 Å². The highest BCUT2D eigenvalue weighted by molar-refractivity contribution is 5.90. The van der Waals surface area contributed by atoms with E-state index in [1.807, 2.05) is 0 Å². The van der Waals surface area contributed by atoms with Gasteiger partial charge >= 0.3 is 6.09 Å². The predicted octanol–water partition coefficient (Wildman–Crippen LogP) is 3.06. The van der Waals surface area contributed by atoms with Crippen LogP contribution in [0.1, 0.15) is 12.8 Å². The van der Waals surface area contributed by atoms with Crippen molar-refractivity contribution in [3.05, 3.63) is 48.8 Å². The first kappa shape index (κ1) is 17.1. The van der Waals surface area contributed by atoms with E-state index < -0.39 is 5.82 Å². The molecule has 2 aliphatic rings. The second-order valence-electron chi connectivity index (χ2n) is 7.49. The average molecular weight is 405 g/mol. The Morgan fingerprint density at radius 1 is 1.20 bits per heavy atom. The van der Waals surface area contributed by atoms with E-state index in [2.05, 4.69) is 25.3 Å². The van der Waals surface area contributed by atoms with Gasteiger partial charge in [-0.1, -0.05) is 6.07 Å². The van der Waals surface area contributed by atoms with Crippen LogP contribution in [0.25, 0.3) is 28.2 Å². The number of benzene rings is 1. The number of aromatic nitrogens is 6. The minimum atomic E-state index is -0.434. The molecule has 1 unspecified atom stereocenters. The van der Waals surface area contributed by atoms with Crippen LogP contribution < -0.4 is 4.90 Å². The van der Waals surface area contributed by atoms with Crippen molar-refractivity contribution in [2.45, 2.75) is 18.9 Å². The molecular formula is C20H16FN7O2. The summed E-state index contributed by atoms with van der Waals surface area (Å²) in [5, 5.41) is 10.7. The van der Waals surface area contributed by atoms with Gasteiger partial charge in [-0.15, -0.1) is 0 Å². The van der Waals surface area contributed by atoms with E-state index in [1.54, 1.807) is 40.0 Å². The zero-order valence-corrected chi connectivity index (χ0v) is 15.7. The zero-order chi connectivity index (χ0) is 20.2. The fourth-order valence-electron chi connectivity index (χ4n) is 3.93. The lowest BCUT2D eigenvalue weighted by atomic mass is 10.1. The average Bonchev–Trinajstić information content (AvgIpc) is 3.14. The molecule has 150 valence electrons. The van der Waals surface area contributed by atoms with E-state index in [0.717, 1.165) is 12.8 Å². The van der Waals surface area contributed by atoms with E-state index in [1.165, 1.54) is 12.4 Å². The molecule has 1 atom stereocenters. The number of nitrogens with one attached hydrogen (secondary N) is 1. The van der Waals surface area contributed by atoms with Crippen LogP contribution in [-0.2, 0) is 4.74 Å². The van der Waals surface area contributed by atoms with E-state index in [0.29, 0.717) is 46.5 Å². The van der Waals surface area contributed by atoms with Crippen LogP contribution in [0.2, 0.25) is 0 Å². The Morgan fingerprint density at radius 2 is 2.10 bits per heavy atom. The van der Waals surface area contributed by atoms with Crippen LogP contribution in [0.4, 0.5) is 15.0 Å². The first-order valence-corrected chi connectivity index (χ1v) is 9.65. The maximum Gasteiger partial charge on any atom is 0.415 e. The Bertz CT molecular complexity index is 1270. The molecule has 1 N–H and O–H groups in total. The molecule has 0 radical (unpaired) electrons. The summed E-state index contributed by atoms with van der Waals surface area (Å²) in [6.07, 6.45) is 6.51. The number of nitrogens with zero attached hydrogens (tertiary/aromatic N) is 6. The highest BCUT2D eigenvalue weighted by Gasteiger charge is 2.44. The highest BCUT2D eigenvalue weighted by atomic mass is 19.1. The third kappa shape index (κ3) is 2.64. The number of anilines is 1. The van der Waals surface area contributed by atoms with Crippen molar-refractivity contribution in [1.82, 2.24) is 29.8 Å². The number of cyclic esters (lactones) is 1. The number of aromatic amines is 1. The normalized spacial score (nSPS) is 18.9. The molecule has 0 spiro atoms. The number of halogens is 1. The summed E-state index contributed by atoms with van der Waals surface area (Å²) < 4.78 is 21.6. The molecule has 3 aromatic heterocycles. The van der Waals surface area contributed by atoms with Crippen LogP contribution in [0.15, 0.2) is 43.0 Å². The quantitative estimate of drug-likeness (QED) is 0.560. The van der Waals surface area contributed by atoms with E-state index in [-0.39, 0.29) is 12.1 Å². The van der Waals surface area contributed by atoms with Crippen molar-refractivity contribution in [2.75, 3.05) is 11.5 Å². The number of H-pyrrole nitrogens is 1. The molecule has 1 saturated carbocycles. The lowest BCUT2D eigenvalue weighted by Crippen LogP contribution is -2.35. The molecule has 9 nitrogen and oxygen atoms in total. The van der Waals surface area contributed by atoms with Gasteiger partial charge in [0.05, 0.1) is 17.8 Å². The van der Waals surface area contributed by atoms with Gasteiger partial charge in [0.2, 0.25) is 0 Å². The van der Waals surface area contributed by atoms with E-state index in [4.69, 9.17) is 4.74 Å². The molecule has 1 aromatic carbocycles. The molecular weight excluding hydrogens is 389 g/mol. The van der Waals surface area contributed by atoms with Gasteiger partial charge in [-0.25, -0.2) is 23.7 Å². The SMILES string of the molecule is O=C1OCC(C2CC2)N1c1ccn2ncc(-c3ccc(-c4ncn[nH]4)c(F)c3)c2n1. The molecule has 4 heterocycles. The molecule has 10 heteroatoms. The van der Waals surface area contributed by atoms with Gasteiger partial charge in [-0.2, -0.15) is 10.2 Å². The number of amides is 1. The third-order valence-corrected chi connectivity index (χ3v) is 5.62. The minimum absolute atomic E-state index is 0.0115. The molecule has 1 aliphatic carbocycles. The smallest absolute Gasteiger partial charge is 0.415 e. The fraction of sp³-hybridized carbons (Fsp3) is 0.250. The van der Waals surface area contributed by atoms with Crippen molar-refractivity contribution in [2.24, 2.45) is 5.92 Å². The van der Waals surface area contributed by atoms with Crippen LogP contribution in [0.3, 0.4) is 0 Å². The number of hydrogen-bond donors (Lipinski definition) is 1. The molecule has 6 rings (SSSR count). The second-order valence-corrected chi connectivity index (χ2v) is 7.49. The standard InChI is InChI=1S/C20H16FN7O2/c21-15-7-12(3-4-13(15)18-22-10-23-26-18)14-8-24-27-6-5-17(25-19(14)27)28-16(11-1-2-11)9-30-20(28)29/h3-8,10-11,16H,1-2,9H2,(H,22,23,26). The molecule has 1 amide bonds. The fourth-order valence-corrected chi connectivity index (χ4v) is 3.93. The van der Waals surface area contributed by atoms with Crippen molar-refractivity contribution < 1.29 is 13.9 Å². The molecule has 0 bridgehead atoms. The summed E-state index contributed by atoms with van der Waals surface area (Å²) in [6.45, 7) is 0.386. The lowest BCUT2D eigenvalue weighted by molar-refractivity contribution is 0.178. The number of hydrogen-bond acceptors (Lipinski definition) is 6. The van der Waals surface area contributed by atoms with Crippen LogP contribution in [0.5, 0.6) is 0 Å². The monoisotopic (exact) mass is 405 g/mol. The summed E-state index contributed by atoms with van der Waals surface area (Å²) in [7, 11) is 0. The Morgan fingerprint density at radius 3 is 2.87 bits per heavy atom. The molecule has 2 fully saturated rings. The van der Waals surface area contributed by atoms with E-state index >= 15 is 0 Å². The van der Waals surface area contributed by atoms with Crippen molar-refractivity contribution in [1.29, 1.82) is 0 Å². The van der Waals surface area contributed by atoms with Gasteiger partial charge in [-0.3, -0.25) is 10.00 Å². The van der Waals surface area contributed by atoms with Crippen molar-refractivity contribution in [3.63, 3.8) is 0 Å². The van der Waals surface area contributed by atoms with Crippen LogP contribution >= 0.6 is 0 Å². The van der Waals surface area contributed by atoms with Gasteiger partial charge in [0.1, 0.15) is 24.6 Å². The second kappa shape index (κ2) is 6.34. The largest absolute Gasteiger partial charge is 0.447 e. The minimum Gasteiger partial charge on any atom is -0.447 e. The third-order valence-electron chi connectivity index (χ3n) is 5.62.